The number of anilines is 2. The number of nitrogens with two attached hydrogens (primary N) is 2. The zero-order valence-electron chi connectivity index (χ0n) is 17.7. The van der Waals surface area contributed by atoms with E-state index in [0.717, 1.165) is 30.6 Å². The predicted molar refractivity (Wildman–Crippen MR) is 124 cm³/mol. The normalized spacial score (nSPS) is 17.3. The maximum atomic E-state index is 13.2. The largest absolute Gasteiger partial charge is 0.383 e. The highest BCUT2D eigenvalue weighted by Gasteiger charge is 2.30. The standard InChI is InChI=1S/C22H27N7O2S/c23-21-20(14-27-22(24)28-21)17-6-8-19(9-7-17)32(30,31)29-11-3-4-16(15-29)12-25-13-18-5-1-2-10-26-18/h1-2,5-10,14,16,25H,3-4,11-13,15H2,(H4,23,24,27,28). The zero-order valence-corrected chi connectivity index (χ0v) is 18.5. The molecule has 1 unspecified atom stereocenters. The lowest BCUT2D eigenvalue weighted by atomic mass is 10.00. The van der Waals surface area contributed by atoms with Crippen molar-refractivity contribution in [2.45, 2.75) is 24.3 Å². The van der Waals surface area contributed by atoms with E-state index in [1.165, 1.54) is 6.20 Å². The van der Waals surface area contributed by atoms with Crippen molar-refractivity contribution in [1.29, 1.82) is 0 Å². The molecule has 2 aromatic heterocycles. The summed E-state index contributed by atoms with van der Waals surface area (Å²) in [5.74, 6) is 0.609. The van der Waals surface area contributed by atoms with Crippen molar-refractivity contribution in [2.24, 2.45) is 5.92 Å². The van der Waals surface area contributed by atoms with Crippen molar-refractivity contribution >= 4 is 21.8 Å². The molecule has 3 aromatic rings. The predicted octanol–water partition coefficient (Wildman–Crippen LogP) is 1.89. The monoisotopic (exact) mass is 453 g/mol. The molecule has 0 aliphatic carbocycles. The molecule has 0 spiro atoms. The van der Waals surface area contributed by atoms with Crippen LogP contribution in [-0.2, 0) is 16.6 Å². The number of hydrogen-bond acceptors (Lipinski definition) is 8. The van der Waals surface area contributed by atoms with Crippen LogP contribution in [0.15, 0.2) is 59.8 Å². The molecule has 10 heteroatoms. The topological polar surface area (TPSA) is 140 Å². The van der Waals surface area contributed by atoms with E-state index in [2.05, 4.69) is 20.3 Å². The van der Waals surface area contributed by atoms with Gasteiger partial charge in [0.1, 0.15) is 5.82 Å². The van der Waals surface area contributed by atoms with E-state index in [0.29, 0.717) is 25.2 Å². The third kappa shape index (κ3) is 5.04. The summed E-state index contributed by atoms with van der Waals surface area (Å²) in [4.78, 5) is 12.5. The maximum Gasteiger partial charge on any atom is 0.243 e. The lowest BCUT2D eigenvalue weighted by Crippen LogP contribution is -2.42. The molecule has 1 aromatic carbocycles. The minimum absolute atomic E-state index is 0.0969. The van der Waals surface area contributed by atoms with Gasteiger partial charge in [-0.05, 0) is 55.1 Å². The van der Waals surface area contributed by atoms with Gasteiger partial charge in [0.15, 0.2) is 0 Å². The van der Waals surface area contributed by atoms with Gasteiger partial charge in [0.05, 0.1) is 10.6 Å². The minimum Gasteiger partial charge on any atom is -0.383 e. The zero-order chi connectivity index (χ0) is 22.6. The molecule has 3 heterocycles. The number of aromatic nitrogens is 3. The highest BCUT2D eigenvalue weighted by Crippen LogP contribution is 2.28. The van der Waals surface area contributed by atoms with Crippen molar-refractivity contribution in [3.05, 3.63) is 60.6 Å². The molecule has 1 atom stereocenters. The number of pyridine rings is 1. The Bertz CT molecular complexity index is 1150. The molecule has 1 aliphatic rings. The van der Waals surface area contributed by atoms with Crippen molar-refractivity contribution in [3.8, 4) is 11.1 Å². The van der Waals surface area contributed by atoms with Crippen LogP contribution >= 0.6 is 0 Å². The first kappa shape index (κ1) is 22.1. The van der Waals surface area contributed by atoms with Gasteiger partial charge in [0, 0.05) is 37.6 Å². The maximum absolute atomic E-state index is 13.2. The van der Waals surface area contributed by atoms with Crippen LogP contribution in [-0.4, -0.2) is 47.3 Å². The van der Waals surface area contributed by atoms with Crippen LogP contribution in [0.2, 0.25) is 0 Å². The molecule has 168 valence electrons. The van der Waals surface area contributed by atoms with Crippen LogP contribution < -0.4 is 16.8 Å². The van der Waals surface area contributed by atoms with Crippen molar-refractivity contribution in [3.63, 3.8) is 0 Å². The molecule has 0 amide bonds. The summed E-state index contributed by atoms with van der Waals surface area (Å²) in [5, 5.41) is 3.40. The first-order valence-electron chi connectivity index (χ1n) is 10.5. The Hall–Kier alpha value is -3.08. The lowest BCUT2D eigenvalue weighted by Gasteiger charge is -2.32. The number of rotatable bonds is 7. The molecule has 5 N–H and O–H groups in total. The van der Waals surface area contributed by atoms with Crippen LogP contribution in [0.1, 0.15) is 18.5 Å². The summed E-state index contributed by atoms with van der Waals surface area (Å²) in [6, 6.07) is 12.4. The van der Waals surface area contributed by atoms with E-state index in [4.69, 9.17) is 11.5 Å². The number of benzene rings is 1. The summed E-state index contributed by atoms with van der Waals surface area (Å²) in [7, 11) is -3.58. The number of nitrogens with zero attached hydrogens (tertiary/aromatic N) is 4. The van der Waals surface area contributed by atoms with Gasteiger partial charge in [-0.25, -0.2) is 13.4 Å². The summed E-state index contributed by atoms with van der Waals surface area (Å²) < 4.78 is 28.0. The molecule has 0 radical (unpaired) electrons. The summed E-state index contributed by atoms with van der Waals surface area (Å²) in [6.45, 7) is 2.44. The quantitative estimate of drug-likeness (QED) is 0.493. The molecule has 0 saturated carbocycles. The Morgan fingerprint density at radius 1 is 1.09 bits per heavy atom. The van der Waals surface area contributed by atoms with Crippen LogP contribution in [0.25, 0.3) is 11.1 Å². The second-order valence-electron chi connectivity index (χ2n) is 7.87. The summed E-state index contributed by atoms with van der Waals surface area (Å²) >= 11 is 0. The lowest BCUT2D eigenvalue weighted by molar-refractivity contribution is 0.259. The van der Waals surface area contributed by atoms with E-state index in [-0.39, 0.29) is 22.6 Å². The third-order valence-corrected chi connectivity index (χ3v) is 7.47. The second kappa shape index (κ2) is 9.60. The highest BCUT2D eigenvalue weighted by molar-refractivity contribution is 7.89. The SMILES string of the molecule is Nc1ncc(-c2ccc(S(=O)(=O)N3CCCC(CNCc4ccccn4)C3)cc2)c(N)n1. The van der Waals surface area contributed by atoms with Crippen LogP contribution in [0.3, 0.4) is 0 Å². The number of nitrogens with one attached hydrogen (secondary N) is 1. The first-order valence-corrected chi connectivity index (χ1v) is 12.0. The molecular weight excluding hydrogens is 426 g/mol. The highest BCUT2D eigenvalue weighted by atomic mass is 32.2. The van der Waals surface area contributed by atoms with E-state index < -0.39 is 10.0 Å². The fraction of sp³-hybridized carbons (Fsp3) is 0.318. The Morgan fingerprint density at radius 2 is 1.91 bits per heavy atom. The van der Waals surface area contributed by atoms with Gasteiger partial charge in [-0.1, -0.05) is 18.2 Å². The molecular formula is C22H27N7O2S. The van der Waals surface area contributed by atoms with Gasteiger partial charge in [-0.2, -0.15) is 9.29 Å². The molecule has 4 rings (SSSR count). The second-order valence-corrected chi connectivity index (χ2v) is 9.81. The third-order valence-electron chi connectivity index (χ3n) is 5.59. The Labute approximate surface area is 188 Å². The van der Waals surface area contributed by atoms with Gasteiger partial charge in [0.2, 0.25) is 16.0 Å². The summed E-state index contributed by atoms with van der Waals surface area (Å²) in [5.41, 5.74) is 13.8. The fourth-order valence-electron chi connectivity index (χ4n) is 3.91. The molecule has 1 fully saturated rings. The van der Waals surface area contributed by atoms with Crippen molar-refractivity contribution in [2.75, 3.05) is 31.1 Å². The minimum atomic E-state index is -3.58. The van der Waals surface area contributed by atoms with Gasteiger partial charge in [0.25, 0.3) is 0 Å². The van der Waals surface area contributed by atoms with Gasteiger partial charge in [-0.15, -0.1) is 0 Å². The molecule has 1 aliphatic heterocycles. The molecule has 1 saturated heterocycles. The van der Waals surface area contributed by atoms with Crippen LogP contribution in [0.5, 0.6) is 0 Å². The Morgan fingerprint density at radius 3 is 2.62 bits per heavy atom. The van der Waals surface area contributed by atoms with E-state index in [1.807, 2.05) is 18.2 Å². The van der Waals surface area contributed by atoms with Crippen molar-refractivity contribution < 1.29 is 8.42 Å². The van der Waals surface area contributed by atoms with Gasteiger partial charge < -0.3 is 16.8 Å². The molecule has 0 bridgehead atoms. The smallest absolute Gasteiger partial charge is 0.243 e. The molecule has 32 heavy (non-hydrogen) atoms. The number of nitrogen functional groups attached to an aromatic ring is 2. The average Bonchev–Trinajstić information content (AvgIpc) is 2.80. The van der Waals surface area contributed by atoms with E-state index >= 15 is 0 Å². The Kier molecular flexibility index (Phi) is 6.63. The number of piperidine rings is 1. The molecule has 9 nitrogen and oxygen atoms in total. The number of sulfonamides is 1. The average molecular weight is 454 g/mol. The first-order chi connectivity index (χ1) is 15.4. The van der Waals surface area contributed by atoms with Crippen LogP contribution in [0, 0.1) is 5.92 Å². The van der Waals surface area contributed by atoms with E-state index in [1.54, 1.807) is 34.8 Å². The van der Waals surface area contributed by atoms with E-state index in [9.17, 15) is 8.42 Å². The van der Waals surface area contributed by atoms with Gasteiger partial charge >= 0.3 is 0 Å². The van der Waals surface area contributed by atoms with Gasteiger partial charge in [-0.3, -0.25) is 4.98 Å². The summed E-state index contributed by atoms with van der Waals surface area (Å²) in [6.07, 6.45) is 5.14. The van der Waals surface area contributed by atoms with Crippen molar-refractivity contribution in [1.82, 2.24) is 24.6 Å². The number of hydrogen-bond donors (Lipinski definition) is 3. The van der Waals surface area contributed by atoms with Crippen LogP contribution in [0.4, 0.5) is 11.8 Å². The fourth-order valence-corrected chi connectivity index (χ4v) is 5.46. The Balaban J connectivity index is 1.41.